The summed E-state index contributed by atoms with van der Waals surface area (Å²) in [4.78, 5) is 11.9. The van der Waals surface area contributed by atoms with E-state index in [1.165, 1.54) is 19.3 Å². The van der Waals surface area contributed by atoms with Crippen LogP contribution in [-0.2, 0) is 4.79 Å². The van der Waals surface area contributed by atoms with E-state index < -0.39 is 0 Å². The fourth-order valence-electron chi connectivity index (χ4n) is 2.55. The van der Waals surface area contributed by atoms with Crippen LogP contribution >= 0.6 is 0 Å². The molecule has 0 saturated heterocycles. The number of nitriles is 1. The lowest BCUT2D eigenvalue weighted by atomic mass is 9.86. The van der Waals surface area contributed by atoms with E-state index in [0.717, 1.165) is 6.42 Å². The zero-order chi connectivity index (χ0) is 14.4. The summed E-state index contributed by atoms with van der Waals surface area (Å²) in [5.41, 5.74) is 0.581. The van der Waals surface area contributed by atoms with Gasteiger partial charge in [-0.2, -0.15) is 5.26 Å². The van der Waals surface area contributed by atoms with Gasteiger partial charge in [0.2, 0.25) is 0 Å². The molecule has 0 aromatic heterocycles. The molecule has 0 heterocycles. The van der Waals surface area contributed by atoms with Crippen molar-refractivity contribution < 1.29 is 9.53 Å². The number of carbonyl (C=O) groups is 1. The predicted molar refractivity (Wildman–Crippen MR) is 76.2 cm³/mol. The molecule has 1 N–H and O–H groups in total. The Morgan fingerprint density at radius 1 is 1.35 bits per heavy atom. The number of amides is 1. The van der Waals surface area contributed by atoms with Crippen LogP contribution in [0.5, 0.6) is 5.75 Å². The van der Waals surface area contributed by atoms with E-state index in [-0.39, 0.29) is 18.6 Å². The van der Waals surface area contributed by atoms with Crippen molar-refractivity contribution in [2.75, 3.05) is 6.61 Å². The van der Waals surface area contributed by atoms with E-state index in [9.17, 15) is 4.79 Å². The van der Waals surface area contributed by atoms with Gasteiger partial charge in [0, 0.05) is 6.04 Å². The van der Waals surface area contributed by atoms with Crippen LogP contribution in [-0.4, -0.2) is 18.6 Å². The van der Waals surface area contributed by atoms with Crippen molar-refractivity contribution in [1.82, 2.24) is 5.32 Å². The molecule has 4 nitrogen and oxygen atoms in total. The monoisotopic (exact) mass is 272 g/mol. The molecule has 1 aromatic carbocycles. The minimum Gasteiger partial charge on any atom is -0.484 e. The first-order chi connectivity index (χ1) is 9.69. The molecule has 0 spiro atoms. The highest BCUT2D eigenvalue weighted by Gasteiger charge is 2.22. The first-order valence-electron chi connectivity index (χ1n) is 7.11. The highest BCUT2D eigenvalue weighted by atomic mass is 16.5. The third kappa shape index (κ3) is 3.99. The molecular weight excluding hydrogens is 252 g/mol. The number of hydrogen-bond acceptors (Lipinski definition) is 3. The molecule has 1 fully saturated rings. The van der Waals surface area contributed by atoms with Crippen LogP contribution in [0.1, 0.15) is 38.2 Å². The molecule has 0 radical (unpaired) electrons. The van der Waals surface area contributed by atoms with Gasteiger partial charge in [0.15, 0.2) is 6.61 Å². The summed E-state index contributed by atoms with van der Waals surface area (Å²) in [5, 5.41) is 11.7. The molecule has 1 amide bonds. The largest absolute Gasteiger partial charge is 0.484 e. The van der Waals surface area contributed by atoms with E-state index in [0.29, 0.717) is 17.2 Å². The van der Waals surface area contributed by atoms with Crippen molar-refractivity contribution in [2.24, 2.45) is 5.92 Å². The highest BCUT2D eigenvalue weighted by Crippen LogP contribution is 2.23. The average Bonchev–Trinajstić information content (AvgIpc) is 2.48. The number of benzene rings is 1. The summed E-state index contributed by atoms with van der Waals surface area (Å²) >= 11 is 0. The first-order valence-corrected chi connectivity index (χ1v) is 7.11. The van der Waals surface area contributed by atoms with Gasteiger partial charge >= 0.3 is 0 Å². The topological polar surface area (TPSA) is 62.1 Å². The van der Waals surface area contributed by atoms with Crippen LogP contribution in [0.2, 0.25) is 0 Å². The van der Waals surface area contributed by atoms with Crippen molar-refractivity contribution in [2.45, 2.75) is 38.6 Å². The second kappa shape index (κ2) is 6.95. The number of nitrogens with zero attached hydrogens (tertiary/aromatic N) is 1. The molecule has 0 aliphatic heterocycles. The maximum atomic E-state index is 11.9. The molecule has 1 aliphatic rings. The fourth-order valence-corrected chi connectivity index (χ4v) is 2.55. The number of carbonyl (C=O) groups excluding carboxylic acids is 1. The van der Waals surface area contributed by atoms with Crippen molar-refractivity contribution in [3.8, 4) is 11.8 Å². The summed E-state index contributed by atoms with van der Waals surface area (Å²) in [6.45, 7) is 2.21. The summed E-state index contributed by atoms with van der Waals surface area (Å²) in [6, 6.07) is 9.08. The Morgan fingerprint density at radius 2 is 2.05 bits per heavy atom. The SMILES string of the molecule is C[C@H]1CCCC[C@H]1NC(=O)COc1ccc(C#N)cc1. The molecule has 1 aliphatic carbocycles. The van der Waals surface area contributed by atoms with Gasteiger partial charge in [0.05, 0.1) is 11.6 Å². The van der Waals surface area contributed by atoms with E-state index in [4.69, 9.17) is 10.00 Å². The van der Waals surface area contributed by atoms with Gasteiger partial charge < -0.3 is 10.1 Å². The van der Waals surface area contributed by atoms with Crippen molar-refractivity contribution in [3.05, 3.63) is 29.8 Å². The smallest absolute Gasteiger partial charge is 0.258 e. The average molecular weight is 272 g/mol. The first kappa shape index (κ1) is 14.4. The third-order valence-corrected chi connectivity index (χ3v) is 3.81. The van der Waals surface area contributed by atoms with Crippen LogP contribution in [0.3, 0.4) is 0 Å². The van der Waals surface area contributed by atoms with E-state index in [1.54, 1.807) is 24.3 Å². The fraction of sp³-hybridized carbons (Fsp3) is 0.500. The van der Waals surface area contributed by atoms with Crippen molar-refractivity contribution in [1.29, 1.82) is 5.26 Å². The van der Waals surface area contributed by atoms with E-state index in [1.807, 2.05) is 6.07 Å². The quantitative estimate of drug-likeness (QED) is 0.916. The van der Waals surface area contributed by atoms with Crippen LogP contribution < -0.4 is 10.1 Å². The lowest BCUT2D eigenvalue weighted by molar-refractivity contribution is -0.124. The molecular formula is C16H20N2O2. The molecule has 2 rings (SSSR count). The van der Waals surface area contributed by atoms with Crippen LogP contribution in [0.15, 0.2) is 24.3 Å². The van der Waals surface area contributed by atoms with Gasteiger partial charge in [0.1, 0.15) is 5.75 Å². The minimum atomic E-state index is -0.0758. The molecule has 4 heteroatoms. The summed E-state index contributed by atoms with van der Waals surface area (Å²) in [5.74, 6) is 1.08. The lowest BCUT2D eigenvalue weighted by Crippen LogP contribution is -2.43. The van der Waals surface area contributed by atoms with Gasteiger partial charge in [-0.3, -0.25) is 4.79 Å². The van der Waals surface area contributed by atoms with Gasteiger partial charge in [-0.25, -0.2) is 0 Å². The molecule has 106 valence electrons. The second-order valence-corrected chi connectivity index (χ2v) is 5.36. The van der Waals surface area contributed by atoms with Crippen molar-refractivity contribution >= 4 is 5.91 Å². The Hall–Kier alpha value is -2.02. The Balaban J connectivity index is 1.78. The predicted octanol–water partition coefficient (Wildman–Crippen LogP) is 2.63. The second-order valence-electron chi connectivity index (χ2n) is 5.36. The molecule has 20 heavy (non-hydrogen) atoms. The molecule has 1 saturated carbocycles. The molecule has 0 unspecified atom stereocenters. The summed E-state index contributed by atoms with van der Waals surface area (Å²) < 4.78 is 5.42. The Bertz CT molecular complexity index is 490. The van der Waals surface area contributed by atoms with Gasteiger partial charge in [-0.15, -0.1) is 0 Å². The maximum Gasteiger partial charge on any atom is 0.258 e. The highest BCUT2D eigenvalue weighted by molar-refractivity contribution is 5.77. The molecule has 1 aromatic rings. The van der Waals surface area contributed by atoms with E-state index in [2.05, 4.69) is 12.2 Å². The Kier molecular flexibility index (Phi) is 5.00. The zero-order valence-corrected chi connectivity index (χ0v) is 11.8. The summed E-state index contributed by atoms with van der Waals surface area (Å²) in [7, 11) is 0. The number of hydrogen-bond donors (Lipinski definition) is 1. The van der Waals surface area contributed by atoms with Crippen LogP contribution in [0.25, 0.3) is 0 Å². The normalized spacial score (nSPS) is 21.8. The molecule has 0 bridgehead atoms. The van der Waals surface area contributed by atoms with Gasteiger partial charge in [0.25, 0.3) is 5.91 Å². The van der Waals surface area contributed by atoms with Crippen LogP contribution in [0, 0.1) is 17.2 Å². The number of nitrogens with one attached hydrogen (secondary N) is 1. The maximum absolute atomic E-state index is 11.9. The van der Waals surface area contributed by atoms with Crippen molar-refractivity contribution in [3.63, 3.8) is 0 Å². The van der Waals surface area contributed by atoms with Crippen LogP contribution in [0.4, 0.5) is 0 Å². The molecule has 2 atom stereocenters. The summed E-state index contributed by atoms with van der Waals surface area (Å²) in [6.07, 6.45) is 4.69. The minimum absolute atomic E-state index is 0.0229. The Morgan fingerprint density at radius 3 is 2.70 bits per heavy atom. The standard InChI is InChI=1S/C16H20N2O2/c1-12-4-2-3-5-15(12)18-16(19)11-20-14-8-6-13(10-17)7-9-14/h6-9,12,15H,2-5,11H2,1H3,(H,18,19)/t12-,15+/m0/s1. The third-order valence-electron chi connectivity index (χ3n) is 3.81. The van der Waals surface area contributed by atoms with Gasteiger partial charge in [-0.1, -0.05) is 19.8 Å². The number of rotatable bonds is 4. The van der Waals surface area contributed by atoms with E-state index >= 15 is 0 Å². The van der Waals surface area contributed by atoms with Gasteiger partial charge in [-0.05, 0) is 43.0 Å². The zero-order valence-electron chi connectivity index (χ0n) is 11.8. The Labute approximate surface area is 119 Å². The number of ether oxygens (including phenoxy) is 1. The lowest BCUT2D eigenvalue weighted by Gasteiger charge is -2.29.